The molecule has 1 aromatic rings. The van der Waals surface area contributed by atoms with Crippen molar-refractivity contribution < 1.29 is 14.1 Å². The lowest BCUT2D eigenvalue weighted by Crippen LogP contribution is -2.28. The summed E-state index contributed by atoms with van der Waals surface area (Å²) in [5.41, 5.74) is 0.670. The highest BCUT2D eigenvalue weighted by atomic mass is 35.5. The quantitative estimate of drug-likeness (QED) is 0.843. The number of aromatic hydroxyl groups is 1. The van der Waals surface area contributed by atoms with Crippen LogP contribution in [0, 0.1) is 0 Å². The number of nitrogens with one attached hydrogen (secondary N) is 1. The smallest absolute Gasteiger partial charge is 0.224 e. The molecule has 0 bridgehead atoms. The molecule has 0 radical (unpaired) electrons. The van der Waals surface area contributed by atoms with Crippen LogP contribution in [0.2, 0.25) is 5.02 Å². The molecule has 0 spiro atoms. The highest BCUT2D eigenvalue weighted by molar-refractivity contribution is 7.84. The van der Waals surface area contributed by atoms with Gasteiger partial charge in [-0.15, -0.1) is 0 Å². The highest BCUT2D eigenvalue weighted by Gasteiger charge is 2.09. The Kier molecular flexibility index (Phi) is 6.31. The molecule has 1 amide bonds. The summed E-state index contributed by atoms with van der Waals surface area (Å²) in [6.07, 6.45) is 2.50. The van der Waals surface area contributed by atoms with Gasteiger partial charge in [0, 0.05) is 33.9 Å². The van der Waals surface area contributed by atoms with Crippen LogP contribution >= 0.6 is 11.6 Å². The van der Waals surface area contributed by atoms with Gasteiger partial charge in [0.1, 0.15) is 5.75 Å². The molecule has 0 aliphatic rings. The molecule has 0 aliphatic carbocycles. The van der Waals surface area contributed by atoms with Crippen molar-refractivity contribution in [3.8, 4) is 5.75 Å². The summed E-state index contributed by atoms with van der Waals surface area (Å²) in [5, 5.41) is 12.4. The van der Waals surface area contributed by atoms with E-state index in [2.05, 4.69) is 5.32 Å². The number of halogens is 1. The third-order valence-corrected chi connectivity index (χ3v) is 4.55. The maximum Gasteiger partial charge on any atom is 0.224 e. The van der Waals surface area contributed by atoms with Crippen molar-refractivity contribution in [1.29, 1.82) is 0 Å². The molecule has 1 aromatic carbocycles. The second kappa shape index (κ2) is 7.50. The van der Waals surface area contributed by atoms with Gasteiger partial charge in [0.25, 0.3) is 0 Å². The molecular formula is C13H18ClNO3S. The van der Waals surface area contributed by atoms with Crippen LogP contribution in [0.25, 0.3) is 0 Å². The van der Waals surface area contributed by atoms with E-state index in [-0.39, 0.29) is 23.3 Å². The molecule has 0 unspecified atom stereocenters. The summed E-state index contributed by atoms with van der Waals surface area (Å²) < 4.78 is 11.1. The first-order chi connectivity index (χ1) is 8.90. The molecule has 106 valence electrons. The number of phenolic OH excluding ortho intramolecular Hbond substituents is 1. The molecule has 4 nitrogen and oxygen atoms in total. The van der Waals surface area contributed by atoms with E-state index in [0.29, 0.717) is 23.6 Å². The van der Waals surface area contributed by atoms with Crippen LogP contribution < -0.4 is 5.32 Å². The van der Waals surface area contributed by atoms with Crippen molar-refractivity contribution in [2.24, 2.45) is 0 Å². The zero-order chi connectivity index (χ0) is 14.4. The molecule has 1 rings (SSSR count). The fraction of sp³-hybridized carbons (Fsp3) is 0.462. The Bertz CT molecular complexity index is 479. The van der Waals surface area contributed by atoms with E-state index in [1.807, 2.05) is 6.92 Å². The minimum absolute atomic E-state index is 0.0672. The molecule has 0 saturated carbocycles. The first-order valence-corrected chi connectivity index (χ1v) is 7.96. The summed E-state index contributed by atoms with van der Waals surface area (Å²) in [6.45, 7) is 2.38. The number of hydrogen-bond donors (Lipinski definition) is 2. The van der Waals surface area contributed by atoms with E-state index in [0.717, 1.165) is 0 Å². The van der Waals surface area contributed by atoms with Crippen molar-refractivity contribution in [2.45, 2.75) is 25.0 Å². The summed E-state index contributed by atoms with van der Waals surface area (Å²) in [6, 6.07) is 4.53. The second-order valence-corrected chi connectivity index (χ2v) is 6.61. The number of hydrogen-bond acceptors (Lipinski definition) is 3. The first-order valence-electron chi connectivity index (χ1n) is 5.96. The average Bonchev–Trinajstić information content (AvgIpc) is 2.32. The maximum atomic E-state index is 11.7. The van der Waals surface area contributed by atoms with Crippen LogP contribution in [0.15, 0.2) is 18.2 Å². The van der Waals surface area contributed by atoms with Gasteiger partial charge in [0.2, 0.25) is 5.91 Å². The van der Waals surface area contributed by atoms with E-state index in [4.69, 9.17) is 11.6 Å². The Hall–Kier alpha value is -1.07. The van der Waals surface area contributed by atoms with Crippen molar-refractivity contribution >= 4 is 28.3 Å². The zero-order valence-electron chi connectivity index (χ0n) is 11.0. The van der Waals surface area contributed by atoms with Crippen molar-refractivity contribution in [1.82, 2.24) is 5.32 Å². The topological polar surface area (TPSA) is 66.4 Å². The molecule has 0 aromatic heterocycles. The van der Waals surface area contributed by atoms with Crippen molar-refractivity contribution in [3.05, 3.63) is 28.8 Å². The number of carbonyl (C=O) groups is 1. The fourth-order valence-corrected chi connectivity index (χ4v) is 2.19. The van der Waals surface area contributed by atoms with Gasteiger partial charge in [-0.2, -0.15) is 0 Å². The van der Waals surface area contributed by atoms with E-state index in [1.165, 1.54) is 12.1 Å². The number of amides is 1. The maximum absolute atomic E-state index is 11.7. The minimum atomic E-state index is -0.869. The number of carbonyl (C=O) groups excluding carboxylic acids is 1. The Morgan fingerprint density at radius 2 is 2.21 bits per heavy atom. The van der Waals surface area contributed by atoms with Gasteiger partial charge in [-0.25, -0.2) is 0 Å². The van der Waals surface area contributed by atoms with Gasteiger partial charge in [0.05, 0.1) is 6.42 Å². The Morgan fingerprint density at radius 3 is 2.79 bits per heavy atom. The van der Waals surface area contributed by atoms with E-state index in [9.17, 15) is 14.1 Å². The number of phenols is 1. The third kappa shape index (κ3) is 5.61. The molecule has 19 heavy (non-hydrogen) atoms. The molecule has 0 heterocycles. The van der Waals surface area contributed by atoms with Gasteiger partial charge in [-0.1, -0.05) is 24.6 Å². The Morgan fingerprint density at radius 1 is 1.53 bits per heavy atom. The number of rotatable bonds is 6. The van der Waals surface area contributed by atoms with Gasteiger partial charge >= 0.3 is 0 Å². The highest BCUT2D eigenvalue weighted by Crippen LogP contribution is 2.21. The van der Waals surface area contributed by atoms with Crippen molar-refractivity contribution in [2.75, 3.05) is 12.8 Å². The first kappa shape index (κ1) is 16.0. The molecule has 2 atom stereocenters. The van der Waals surface area contributed by atoms with Gasteiger partial charge in [-0.3, -0.25) is 9.00 Å². The monoisotopic (exact) mass is 303 g/mol. The third-order valence-electron chi connectivity index (χ3n) is 2.83. The van der Waals surface area contributed by atoms with Crippen LogP contribution in [-0.2, 0) is 22.0 Å². The summed E-state index contributed by atoms with van der Waals surface area (Å²) in [5.74, 6) is -0.0601. The summed E-state index contributed by atoms with van der Waals surface area (Å²) >= 11 is 5.92. The minimum Gasteiger partial charge on any atom is -0.508 e. The molecule has 0 saturated heterocycles. The lowest BCUT2D eigenvalue weighted by Gasteiger charge is -2.10. The predicted molar refractivity (Wildman–Crippen MR) is 78.0 cm³/mol. The van der Waals surface area contributed by atoms with Crippen LogP contribution in [0.3, 0.4) is 0 Å². The van der Waals surface area contributed by atoms with E-state index >= 15 is 0 Å². The van der Waals surface area contributed by atoms with Gasteiger partial charge in [0.15, 0.2) is 0 Å². The lowest BCUT2D eigenvalue weighted by atomic mass is 10.1. The molecular weight excluding hydrogens is 286 g/mol. The standard InChI is InChI=1S/C13H18ClNO3S/c1-9(19(2)18)5-6-15-13(17)7-10-3-4-11(16)8-12(10)14/h3-4,8-9,16H,5-7H2,1-2H3,(H,15,17)/t9-,19-/m1/s1. The Labute approximate surface area is 120 Å². The lowest BCUT2D eigenvalue weighted by molar-refractivity contribution is -0.120. The van der Waals surface area contributed by atoms with Crippen molar-refractivity contribution in [3.63, 3.8) is 0 Å². The molecule has 0 aliphatic heterocycles. The molecule has 2 N–H and O–H groups in total. The van der Waals surface area contributed by atoms with Crippen LogP contribution in [0.1, 0.15) is 18.9 Å². The number of benzene rings is 1. The Balaban J connectivity index is 2.41. The average molecular weight is 304 g/mol. The second-order valence-electron chi connectivity index (χ2n) is 4.40. The van der Waals surface area contributed by atoms with E-state index in [1.54, 1.807) is 12.3 Å². The van der Waals surface area contributed by atoms with E-state index < -0.39 is 10.8 Å². The zero-order valence-corrected chi connectivity index (χ0v) is 12.6. The largest absolute Gasteiger partial charge is 0.508 e. The summed E-state index contributed by atoms with van der Waals surface area (Å²) in [4.78, 5) is 11.7. The fourth-order valence-electron chi connectivity index (χ4n) is 1.50. The van der Waals surface area contributed by atoms with Crippen LogP contribution in [0.5, 0.6) is 5.75 Å². The SMILES string of the molecule is C[C@H](CCNC(=O)Cc1ccc(O)cc1Cl)[S@@](C)=O. The molecule has 6 heteroatoms. The summed E-state index contributed by atoms with van der Waals surface area (Å²) in [7, 11) is -0.869. The van der Waals surface area contributed by atoms with Gasteiger partial charge < -0.3 is 10.4 Å². The normalized spacial score (nSPS) is 13.8. The van der Waals surface area contributed by atoms with Gasteiger partial charge in [-0.05, 0) is 24.1 Å². The van der Waals surface area contributed by atoms with Crippen LogP contribution in [-0.4, -0.2) is 33.3 Å². The predicted octanol–water partition coefficient (Wildman–Crippen LogP) is 1.86. The van der Waals surface area contributed by atoms with Crippen LogP contribution in [0.4, 0.5) is 0 Å². The molecule has 0 fully saturated rings.